The first-order valence-electron chi connectivity index (χ1n) is 9.44. The molecule has 33 heavy (non-hydrogen) atoms. The van der Waals surface area contributed by atoms with E-state index in [9.17, 15) is 27.6 Å². The highest BCUT2D eigenvalue weighted by Crippen LogP contribution is 2.38. The summed E-state index contributed by atoms with van der Waals surface area (Å²) >= 11 is 3.89. The van der Waals surface area contributed by atoms with Crippen LogP contribution in [-0.2, 0) is 11.0 Å². The van der Waals surface area contributed by atoms with Crippen LogP contribution in [0.25, 0.3) is 17.4 Å². The van der Waals surface area contributed by atoms with Crippen LogP contribution in [0.2, 0.25) is 0 Å². The van der Waals surface area contributed by atoms with Gasteiger partial charge in [0, 0.05) is 21.7 Å². The number of furan rings is 1. The van der Waals surface area contributed by atoms with E-state index >= 15 is 0 Å². The van der Waals surface area contributed by atoms with E-state index in [4.69, 9.17) is 4.42 Å². The predicted molar refractivity (Wildman–Crippen MR) is 120 cm³/mol. The number of ketones is 1. The fourth-order valence-corrected chi connectivity index (χ4v) is 4.24. The number of amides is 2. The molecule has 1 aliphatic heterocycles. The topological polar surface area (TPSA) is 67.6 Å². The number of nitrogens with zero attached hydrogens (tertiary/aromatic N) is 1. The Balaban J connectivity index is 1.54. The standard InChI is InChI=1S/C23H13BrF3NO4S/c24-14-7-5-13(6-8-14)18(29)12-28-21(30)20(33-22(28)31)11-15-9-10-19(32-15)16-3-1-2-4-17(16)23(25,26)27/h1-11H,12H2/b20-11+. The average Bonchev–Trinajstić information content (AvgIpc) is 3.34. The van der Waals surface area contributed by atoms with Gasteiger partial charge in [-0.2, -0.15) is 13.2 Å². The Labute approximate surface area is 198 Å². The van der Waals surface area contributed by atoms with Gasteiger partial charge in [-0.15, -0.1) is 0 Å². The van der Waals surface area contributed by atoms with Crippen LogP contribution in [0.4, 0.5) is 18.0 Å². The minimum absolute atomic E-state index is 0.00797. The molecule has 0 saturated carbocycles. The molecule has 0 radical (unpaired) electrons. The van der Waals surface area contributed by atoms with E-state index in [1.165, 1.54) is 36.4 Å². The molecule has 3 aromatic rings. The Bertz CT molecular complexity index is 1280. The third kappa shape index (κ3) is 4.96. The molecule has 2 aromatic carbocycles. The fraction of sp³-hybridized carbons (Fsp3) is 0.0870. The van der Waals surface area contributed by atoms with Crippen molar-refractivity contribution in [3.8, 4) is 11.3 Å². The number of rotatable bonds is 5. The first-order valence-corrected chi connectivity index (χ1v) is 11.0. The zero-order valence-electron chi connectivity index (χ0n) is 16.6. The summed E-state index contributed by atoms with van der Waals surface area (Å²) < 4.78 is 46.1. The lowest BCUT2D eigenvalue weighted by molar-refractivity contribution is -0.137. The summed E-state index contributed by atoms with van der Waals surface area (Å²) in [6.07, 6.45) is -3.29. The Kier molecular flexibility index (Phi) is 6.31. The molecule has 0 bridgehead atoms. The van der Waals surface area contributed by atoms with Crippen LogP contribution >= 0.6 is 27.7 Å². The molecule has 10 heteroatoms. The molecule has 0 unspecified atom stereocenters. The minimum atomic E-state index is -4.56. The van der Waals surface area contributed by atoms with Gasteiger partial charge in [-0.25, -0.2) is 0 Å². The number of halogens is 4. The molecule has 2 heterocycles. The smallest absolute Gasteiger partial charge is 0.417 e. The maximum absolute atomic E-state index is 13.3. The van der Waals surface area contributed by atoms with Gasteiger partial charge in [0.15, 0.2) is 5.78 Å². The van der Waals surface area contributed by atoms with Crippen LogP contribution in [0.1, 0.15) is 21.7 Å². The summed E-state index contributed by atoms with van der Waals surface area (Å²) in [6.45, 7) is -0.425. The van der Waals surface area contributed by atoms with Crippen molar-refractivity contribution in [2.24, 2.45) is 0 Å². The number of Topliss-reactive ketones (excluding diaryl/α,β-unsaturated/α-hetero) is 1. The van der Waals surface area contributed by atoms with Crippen LogP contribution in [0, 0.1) is 0 Å². The SMILES string of the molecule is O=C(CN1C(=O)S/C(=C/c2ccc(-c3ccccc3C(F)(F)F)o2)C1=O)c1ccc(Br)cc1. The minimum Gasteiger partial charge on any atom is -0.457 e. The highest BCUT2D eigenvalue weighted by molar-refractivity contribution is 9.10. The van der Waals surface area contributed by atoms with Gasteiger partial charge in [-0.05, 0) is 42.1 Å². The van der Waals surface area contributed by atoms with Crippen molar-refractivity contribution in [1.29, 1.82) is 0 Å². The van der Waals surface area contributed by atoms with E-state index in [0.717, 1.165) is 15.4 Å². The van der Waals surface area contributed by atoms with Crippen LogP contribution in [-0.4, -0.2) is 28.4 Å². The Morgan fingerprint density at radius 1 is 1.03 bits per heavy atom. The molecule has 1 fully saturated rings. The molecular formula is C23H13BrF3NO4S. The second-order valence-corrected chi connectivity index (χ2v) is 8.85. The molecule has 1 aromatic heterocycles. The van der Waals surface area contributed by atoms with E-state index in [1.807, 2.05) is 0 Å². The molecule has 0 atom stereocenters. The fourth-order valence-electron chi connectivity index (χ4n) is 3.16. The van der Waals surface area contributed by atoms with Gasteiger partial charge in [0.2, 0.25) is 0 Å². The maximum atomic E-state index is 13.3. The van der Waals surface area contributed by atoms with Crippen molar-refractivity contribution < 1.29 is 32.0 Å². The number of hydrogen-bond acceptors (Lipinski definition) is 5. The van der Waals surface area contributed by atoms with Gasteiger partial charge in [0.25, 0.3) is 11.1 Å². The molecule has 2 amide bonds. The second-order valence-electron chi connectivity index (χ2n) is 6.94. The molecule has 1 saturated heterocycles. The van der Waals surface area contributed by atoms with Gasteiger partial charge in [0.1, 0.15) is 11.5 Å². The Morgan fingerprint density at radius 2 is 1.73 bits per heavy atom. The van der Waals surface area contributed by atoms with Crippen LogP contribution < -0.4 is 0 Å². The third-order valence-electron chi connectivity index (χ3n) is 4.74. The molecule has 168 valence electrons. The number of benzene rings is 2. The zero-order valence-corrected chi connectivity index (χ0v) is 19.0. The lowest BCUT2D eigenvalue weighted by Crippen LogP contribution is -2.33. The summed E-state index contributed by atoms with van der Waals surface area (Å²) in [6, 6.07) is 14.2. The van der Waals surface area contributed by atoms with E-state index in [1.54, 1.807) is 24.3 Å². The normalized spacial score (nSPS) is 15.5. The van der Waals surface area contributed by atoms with Gasteiger partial charge in [-0.1, -0.05) is 46.3 Å². The highest BCUT2D eigenvalue weighted by Gasteiger charge is 2.37. The first-order chi connectivity index (χ1) is 15.6. The van der Waals surface area contributed by atoms with Crippen molar-refractivity contribution >= 4 is 50.7 Å². The molecule has 0 spiro atoms. The number of alkyl halides is 3. The lowest BCUT2D eigenvalue weighted by atomic mass is 10.1. The summed E-state index contributed by atoms with van der Waals surface area (Å²) in [4.78, 5) is 38.2. The van der Waals surface area contributed by atoms with E-state index < -0.39 is 35.2 Å². The summed E-state index contributed by atoms with van der Waals surface area (Å²) in [5, 5.41) is -0.620. The number of thioether (sulfide) groups is 1. The van der Waals surface area contributed by atoms with Crippen molar-refractivity contribution in [2.75, 3.05) is 6.54 Å². The summed E-state index contributed by atoms with van der Waals surface area (Å²) in [5.41, 5.74) is -0.643. The second kappa shape index (κ2) is 9.03. The van der Waals surface area contributed by atoms with E-state index in [-0.39, 0.29) is 22.0 Å². The predicted octanol–water partition coefficient (Wildman–Crippen LogP) is 6.65. The quantitative estimate of drug-likeness (QED) is 0.270. The summed E-state index contributed by atoms with van der Waals surface area (Å²) in [7, 11) is 0. The Hall–Kier alpha value is -3.11. The van der Waals surface area contributed by atoms with Gasteiger partial charge >= 0.3 is 6.18 Å². The van der Waals surface area contributed by atoms with Gasteiger partial charge < -0.3 is 4.42 Å². The number of carbonyl (C=O) groups is 3. The molecular weight excluding hydrogens is 523 g/mol. The monoisotopic (exact) mass is 535 g/mol. The van der Waals surface area contributed by atoms with Crippen molar-refractivity contribution in [3.05, 3.63) is 86.9 Å². The first kappa shape index (κ1) is 23.1. The van der Waals surface area contributed by atoms with Crippen LogP contribution in [0.5, 0.6) is 0 Å². The number of carbonyl (C=O) groups excluding carboxylic acids is 3. The van der Waals surface area contributed by atoms with Gasteiger partial charge in [0.05, 0.1) is 17.0 Å². The lowest BCUT2D eigenvalue weighted by Gasteiger charge is -2.11. The van der Waals surface area contributed by atoms with E-state index in [0.29, 0.717) is 17.3 Å². The maximum Gasteiger partial charge on any atom is 0.417 e. The highest BCUT2D eigenvalue weighted by atomic mass is 79.9. The molecule has 5 nitrogen and oxygen atoms in total. The molecule has 0 N–H and O–H groups in total. The summed E-state index contributed by atoms with van der Waals surface area (Å²) in [5.74, 6) is -1.01. The molecule has 4 rings (SSSR count). The molecule has 0 aliphatic carbocycles. The van der Waals surface area contributed by atoms with Gasteiger partial charge in [-0.3, -0.25) is 19.3 Å². The Morgan fingerprint density at radius 3 is 2.42 bits per heavy atom. The number of hydrogen-bond donors (Lipinski definition) is 0. The van der Waals surface area contributed by atoms with Crippen LogP contribution in [0.3, 0.4) is 0 Å². The largest absolute Gasteiger partial charge is 0.457 e. The molecule has 1 aliphatic rings. The average molecular weight is 536 g/mol. The zero-order chi connectivity index (χ0) is 23.8. The number of imide groups is 1. The van der Waals surface area contributed by atoms with Crippen molar-refractivity contribution in [2.45, 2.75) is 6.18 Å². The third-order valence-corrected chi connectivity index (χ3v) is 6.18. The van der Waals surface area contributed by atoms with Crippen molar-refractivity contribution in [3.63, 3.8) is 0 Å². The van der Waals surface area contributed by atoms with E-state index in [2.05, 4.69) is 15.9 Å². The van der Waals surface area contributed by atoms with Crippen molar-refractivity contribution in [1.82, 2.24) is 4.90 Å². The van der Waals surface area contributed by atoms with Crippen LogP contribution in [0.15, 0.2) is 74.5 Å².